The molecule has 1 aromatic carbocycles. The Morgan fingerprint density at radius 1 is 1.08 bits per heavy atom. The van der Waals surface area contributed by atoms with Gasteiger partial charge in [-0.1, -0.05) is 44.7 Å². The van der Waals surface area contributed by atoms with Crippen LogP contribution in [0.1, 0.15) is 62.6 Å². The Labute approximate surface area is 258 Å². The molecule has 5 heterocycles. The Morgan fingerprint density at radius 3 is 2.67 bits per heavy atom. The third kappa shape index (κ3) is 4.09. The van der Waals surface area contributed by atoms with Crippen LogP contribution in [0.3, 0.4) is 0 Å². The van der Waals surface area contributed by atoms with Gasteiger partial charge in [-0.25, -0.2) is 4.79 Å². The van der Waals surface area contributed by atoms with Gasteiger partial charge in [-0.2, -0.15) is 0 Å². The second kappa shape index (κ2) is 10.3. The molecule has 3 aromatic rings. The van der Waals surface area contributed by atoms with Crippen LogP contribution in [0.5, 0.6) is 11.5 Å². The van der Waals surface area contributed by atoms with Crippen molar-refractivity contribution in [2.75, 3.05) is 13.4 Å². The van der Waals surface area contributed by atoms with Crippen LogP contribution in [0.25, 0.3) is 22.3 Å². The first-order valence-corrected chi connectivity index (χ1v) is 12.3. The summed E-state index contributed by atoms with van der Waals surface area (Å²) in [5.41, 5.74) is 2.49. The van der Waals surface area contributed by atoms with E-state index in [4.69, 9.17) is 23.9 Å². The van der Waals surface area contributed by atoms with Crippen molar-refractivity contribution < 1.29 is 81.9 Å². The number of benzene rings is 1. The predicted molar refractivity (Wildman–Crippen MR) is 127 cm³/mol. The van der Waals surface area contributed by atoms with Crippen molar-refractivity contribution in [3.05, 3.63) is 51.3 Å². The molecule has 1 atom stereocenters. The van der Waals surface area contributed by atoms with Crippen LogP contribution < -0.4 is 73.2 Å². The van der Waals surface area contributed by atoms with Gasteiger partial charge in [0, 0.05) is 30.1 Å². The fourth-order valence-corrected chi connectivity index (χ4v) is 5.27. The average Bonchev–Trinajstić information content (AvgIpc) is 3.46. The molecule has 0 radical (unpaired) electrons. The van der Waals surface area contributed by atoms with Crippen LogP contribution in [0.2, 0.25) is 0 Å². The molecule has 9 heteroatoms. The van der Waals surface area contributed by atoms with Crippen LogP contribution in [0.4, 0.5) is 0 Å². The van der Waals surface area contributed by atoms with Crippen LogP contribution in [-0.2, 0) is 33.0 Å². The molecule has 2 aromatic heterocycles. The molecule has 0 amide bonds. The van der Waals surface area contributed by atoms with E-state index in [1.165, 1.54) is 0 Å². The Bertz CT molecular complexity index is 1420. The molecular formula is C27H27N2O6Rb. The maximum atomic E-state index is 13.6. The standard InChI is InChI=1S/C27H27N2O6.Rb/c1-3-5-6-7-8-35-27(4-2)19-11-21-24-17(13-29(21)25(30)18(19)14-32-26(27)31)9-16-10-22-23(34-15-33-22)12-20(16)28-24;/h10-12H,3-8,13-15H2,1-2H3;/q-1;+1/t27-;/m0./s1. The molecule has 0 spiro atoms. The SMILES string of the molecule is CCCCCCO[C@]1(CC)C(=O)OCc2c1cc1n(c2=O)Cc2[c-]c3cc4c(cc3nc2-1)OCO4.[Rb+]. The number of nitrogens with zero attached hydrogens (tertiary/aromatic N) is 2. The molecule has 0 aliphatic carbocycles. The second-order valence-electron chi connectivity index (χ2n) is 9.27. The van der Waals surface area contributed by atoms with Gasteiger partial charge in [-0.15, -0.1) is 11.5 Å². The number of pyridine rings is 2. The fourth-order valence-electron chi connectivity index (χ4n) is 5.27. The van der Waals surface area contributed by atoms with Gasteiger partial charge < -0.3 is 28.5 Å². The van der Waals surface area contributed by atoms with Crippen molar-refractivity contribution in [3.63, 3.8) is 0 Å². The van der Waals surface area contributed by atoms with E-state index in [1.54, 1.807) is 4.57 Å². The number of esters is 1. The number of cyclic esters (lactones) is 1. The first kappa shape index (κ1) is 26.0. The summed E-state index contributed by atoms with van der Waals surface area (Å²) < 4.78 is 24.4. The Kier molecular flexibility index (Phi) is 7.44. The van der Waals surface area contributed by atoms with Crippen molar-refractivity contribution in [1.82, 2.24) is 9.55 Å². The van der Waals surface area contributed by atoms with Crippen molar-refractivity contribution in [2.24, 2.45) is 0 Å². The molecule has 0 N–H and O–H groups in total. The summed E-state index contributed by atoms with van der Waals surface area (Å²) in [5.74, 6) is 0.873. The number of aromatic nitrogens is 2. The second-order valence-corrected chi connectivity index (χ2v) is 9.27. The number of ether oxygens (including phenoxy) is 4. The number of carbonyl (C=O) groups is 1. The molecule has 3 aliphatic heterocycles. The van der Waals surface area contributed by atoms with Crippen LogP contribution in [-0.4, -0.2) is 28.9 Å². The topological polar surface area (TPSA) is 88.9 Å². The minimum atomic E-state index is -1.29. The third-order valence-electron chi connectivity index (χ3n) is 7.21. The molecule has 182 valence electrons. The van der Waals surface area contributed by atoms with Gasteiger partial charge in [-0.3, -0.25) is 4.79 Å². The number of carbonyl (C=O) groups excluding carboxylic acids is 1. The largest absolute Gasteiger partial charge is 1.00 e. The van der Waals surface area contributed by atoms with E-state index >= 15 is 0 Å². The van der Waals surface area contributed by atoms with Gasteiger partial charge in [0.15, 0.2) is 5.60 Å². The average molecular weight is 561 g/mol. The quantitative estimate of drug-likeness (QED) is 0.191. The van der Waals surface area contributed by atoms with E-state index in [9.17, 15) is 9.59 Å². The van der Waals surface area contributed by atoms with Crippen molar-refractivity contribution in [3.8, 4) is 22.9 Å². The Morgan fingerprint density at radius 2 is 1.89 bits per heavy atom. The first-order chi connectivity index (χ1) is 17.1. The van der Waals surface area contributed by atoms with E-state index in [0.717, 1.165) is 36.6 Å². The molecule has 0 bridgehead atoms. The smallest absolute Gasteiger partial charge is 0.463 e. The summed E-state index contributed by atoms with van der Waals surface area (Å²) >= 11 is 0. The van der Waals surface area contributed by atoms with Gasteiger partial charge in [0.1, 0.15) is 18.1 Å². The van der Waals surface area contributed by atoms with E-state index < -0.39 is 11.6 Å². The summed E-state index contributed by atoms with van der Waals surface area (Å²) in [5, 5.41) is 0.801. The zero-order valence-corrected chi connectivity index (χ0v) is 25.9. The molecule has 0 unspecified atom stereocenters. The summed E-state index contributed by atoms with van der Waals surface area (Å²) in [7, 11) is 0. The number of hydrogen-bond donors (Lipinski definition) is 0. The van der Waals surface area contributed by atoms with Crippen molar-refractivity contribution in [2.45, 2.75) is 64.7 Å². The number of fused-ring (bicyclic) bond motifs is 6. The first-order valence-electron chi connectivity index (χ1n) is 12.3. The maximum absolute atomic E-state index is 13.6. The molecule has 0 saturated heterocycles. The van der Waals surface area contributed by atoms with Crippen molar-refractivity contribution >= 4 is 16.9 Å². The van der Waals surface area contributed by atoms with E-state index in [1.807, 2.05) is 25.1 Å². The summed E-state index contributed by atoms with van der Waals surface area (Å²) in [6, 6.07) is 9.01. The molecule has 8 nitrogen and oxygen atoms in total. The number of rotatable bonds is 7. The summed E-state index contributed by atoms with van der Waals surface area (Å²) in [4.78, 5) is 31.5. The van der Waals surface area contributed by atoms with E-state index in [2.05, 4.69) is 13.0 Å². The molecule has 36 heavy (non-hydrogen) atoms. The van der Waals surface area contributed by atoms with Gasteiger partial charge in [0.05, 0.1) is 5.56 Å². The van der Waals surface area contributed by atoms with Gasteiger partial charge in [-0.05, 0) is 30.5 Å². The van der Waals surface area contributed by atoms with E-state index in [-0.39, 0.29) is 77.1 Å². The van der Waals surface area contributed by atoms with Gasteiger partial charge in [0.2, 0.25) is 6.79 Å². The summed E-state index contributed by atoms with van der Waals surface area (Å²) in [6.45, 7) is 4.97. The summed E-state index contributed by atoms with van der Waals surface area (Å²) in [6.07, 6.45) is 4.49. The van der Waals surface area contributed by atoms with Crippen LogP contribution in [0, 0.1) is 6.07 Å². The molecule has 3 aliphatic rings. The monoisotopic (exact) mass is 560 g/mol. The third-order valence-corrected chi connectivity index (χ3v) is 7.21. The molecule has 0 fully saturated rings. The normalized spacial score (nSPS) is 18.9. The molecule has 0 saturated carbocycles. The van der Waals surface area contributed by atoms with Crippen molar-refractivity contribution in [1.29, 1.82) is 0 Å². The Balaban J connectivity index is 0.00000267. The molecular weight excluding hydrogens is 534 g/mol. The zero-order valence-electron chi connectivity index (χ0n) is 20.9. The Hall–Kier alpha value is -1.58. The number of hydrogen-bond acceptors (Lipinski definition) is 7. The van der Waals surface area contributed by atoms with Crippen LogP contribution in [0.15, 0.2) is 23.0 Å². The predicted octanol–water partition coefficient (Wildman–Crippen LogP) is 1.22. The minimum Gasteiger partial charge on any atom is -0.463 e. The van der Waals surface area contributed by atoms with E-state index in [0.29, 0.717) is 59.1 Å². The van der Waals surface area contributed by atoms with Gasteiger partial charge in [0.25, 0.3) is 5.56 Å². The maximum Gasteiger partial charge on any atom is 1.00 e. The fraction of sp³-hybridized carbons (Fsp3) is 0.444. The molecule has 6 rings (SSSR count). The van der Waals surface area contributed by atoms with Gasteiger partial charge >= 0.3 is 64.2 Å². The number of unbranched alkanes of at least 4 members (excludes halogenated alkanes) is 3. The minimum absolute atomic E-state index is 0. The zero-order chi connectivity index (χ0) is 24.2. The van der Waals surface area contributed by atoms with Crippen LogP contribution >= 0.6 is 0 Å².